The Kier molecular flexibility index (Phi) is 6.63. The molecule has 0 saturated heterocycles. The summed E-state index contributed by atoms with van der Waals surface area (Å²) in [5, 5.41) is 1.48. The highest BCUT2D eigenvalue weighted by Crippen LogP contribution is 2.30. The zero-order valence-corrected chi connectivity index (χ0v) is 13.4. The second kappa shape index (κ2) is 8.23. The Morgan fingerprint density at radius 3 is 2.15 bits per heavy atom. The van der Waals surface area contributed by atoms with Crippen LogP contribution in [-0.2, 0) is 6.42 Å². The minimum absolute atomic E-state index is 0.255. The van der Waals surface area contributed by atoms with Crippen molar-refractivity contribution in [3.63, 3.8) is 0 Å². The molecule has 2 rings (SSSR count). The molecule has 0 aliphatic heterocycles. The summed E-state index contributed by atoms with van der Waals surface area (Å²) in [4.78, 5) is 0. The maximum atomic E-state index is 6.27. The van der Waals surface area contributed by atoms with Crippen LogP contribution in [0, 0.1) is 5.92 Å². The maximum Gasteiger partial charge on any atom is 0.0453 e. The Morgan fingerprint density at radius 2 is 1.60 bits per heavy atom. The summed E-state index contributed by atoms with van der Waals surface area (Å²) in [6.45, 7) is 0. The van der Waals surface area contributed by atoms with E-state index in [1.54, 1.807) is 0 Å². The van der Waals surface area contributed by atoms with E-state index in [2.05, 4.69) is 5.43 Å². The molecule has 0 amide bonds. The highest BCUT2D eigenvalue weighted by atomic mass is 35.5. The first-order chi connectivity index (χ1) is 9.72. The predicted octanol–water partition coefficient (Wildman–Crippen LogP) is 4.73. The molecule has 1 atom stereocenters. The molecule has 0 heterocycles. The second-order valence-corrected chi connectivity index (χ2v) is 6.60. The second-order valence-electron chi connectivity index (χ2n) is 5.78. The van der Waals surface area contributed by atoms with Gasteiger partial charge in [-0.3, -0.25) is 11.3 Å². The van der Waals surface area contributed by atoms with Crippen LogP contribution in [0.2, 0.25) is 10.0 Å². The van der Waals surface area contributed by atoms with Gasteiger partial charge < -0.3 is 0 Å². The number of nitrogens with one attached hydrogen (secondary N) is 1. The summed E-state index contributed by atoms with van der Waals surface area (Å²) < 4.78 is 0. The third-order valence-electron chi connectivity index (χ3n) is 4.42. The summed E-state index contributed by atoms with van der Waals surface area (Å²) >= 11 is 12.5. The Labute approximate surface area is 132 Å². The van der Waals surface area contributed by atoms with E-state index in [0.29, 0.717) is 5.92 Å². The predicted molar refractivity (Wildman–Crippen MR) is 87.1 cm³/mol. The molecule has 2 nitrogen and oxygen atoms in total. The zero-order chi connectivity index (χ0) is 14.4. The highest BCUT2D eigenvalue weighted by molar-refractivity contribution is 6.36. The lowest BCUT2D eigenvalue weighted by molar-refractivity contribution is 0.285. The molecule has 1 saturated carbocycles. The minimum atomic E-state index is 0.255. The standard InChI is InChI=1S/C16H24Cl2N2/c17-14-9-6-10-15(18)13(14)11-16(20-19)12-7-4-2-1-3-5-8-12/h6,9-10,12,16,20H,1-5,7-8,11,19H2. The molecule has 1 unspecified atom stereocenters. The van der Waals surface area contributed by atoms with Crippen molar-refractivity contribution in [3.05, 3.63) is 33.8 Å². The molecule has 1 aliphatic carbocycles. The van der Waals surface area contributed by atoms with Gasteiger partial charge in [-0.15, -0.1) is 0 Å². The van der Waals surface area contributed by atoms with Crippen molar-refractivity contribution in [1.82, 2.24) is 5.43 Å². The van der Waals surface area contributed by atoms with E-state index in [0.717, 1.165) is 22.0 Å². The van der Waals surface area contributed by atoms with Crippen molar-refractivity contribution in [2.75, 3.05) is 0 Å². The Morgan fingerprint density at radius 1 is 1.05 bits per heavy atom. The number of hydrogen-bond acceptors (Lipinski definition) is 2. The van der Waals surface area contributed by atoms with Gasteiger partial charge in [0.2, 0.25) is 0 Å². The lowest BCUT2D eigenvalue weighted by Gasteiger charge is -2.29. The van der Waals surface area contributed by atoms with Crippen molar-refractivity contribution >= 4 is 23.2 Å². The van der Waals surface area contributed by atoms with Crippen molar-refractivity contribution in [2.45, 2.75) is 57.4 Å². The van der Waals surface area contributed by atoms with E-state index in [9.17, 15) is 0 Å². The number of halogens is 2. The van der Waals surface area contributed by atoms with Gasteiger partial charge in [0.25, 0.3) is 0 Å². The SMILES string of the molecule is NNC(Cc1c(Cl)cccc1Cl)C1CCCCCCC1. The van der Waals surface area contributed by atoms with Crippen LogP contribution >= 0.6 is 23.2 Å². The monoisotopic (exact) mass is 314 g/mol. The van der Waals surface area contributed by atoms with Gasteiger partial charge in [0.1, 0.15) is 0 Å². The van der Waals surface area contributed by atoms with Gasteiger partial charge in [-0.2, -0.15) is 0 Å². The van der Waals surface area contributed by atoms with E-state index in [1.807, 2.05) is 18.2 Å². The van der Waals surface area contributed by atoms with Gasteiger partial charge in [-0.1, -0.05) is 61.4 Å². The average molecular weight is 315 g/mol. The van der Waals surface area contributed by atoms with Crippen molar-refractivity contribution < 1.29 is 0 Å². The molecule has 0 aromatic heterocycles. The van der Waals surface area contributed by atoms with Crippen LogP contribution in [0.1, 0.15) is 50.5 Å². The lowest BCUT2D eigenvalue weighted by atomic mass is 9.83. The number of hydrazine groups is 1. The molecule has 1 aromatic rings. The fraction of sp³-hybridized carbons (Fsp3) is 0.625. The molecule has 0 radical (unpaired) electrons. The lowest BCUT2D eigenvalue weighted by Crippen LogP contribution is -2.42. The van der Waals surface area contributed by atoms with Gasteiger partial charge in [0.15, 0.2) is 0 Å². The molecule has 1 aliphatic rings. The van der Waals surface area contributed by atoms with Crippen LogP contribution < -0.4 is 11.3 Å². The Hall–Kier alpha value is -0.280. The normalized spacial score (nSPS) is 19.4. The van der Waals surface area contributed by atoms with Crippen LogP contribution in [0.4, 0.5) is 0 Å². The smallest absolute Gasteiger partial charge is 0.0453 e. The molecule has 1 fully saturated rings. The summed E-state index contributed by atoms with van der Waals surface area (Å²) in [6.07, 6.45) is 9.98. The Balaban J connectivity index is 2.07. The van der Waals surface area contributed by atoms with Crippen LogP contribution in [0.25, 0.3) is 0 Å². The molecular formula is C16H24Cl2N2. The van der Waals surface area contributed by atoms with Crippen LogP contribution in [0.15, 0.2) is 18.2 Å². The number of nitrogens with two attached hydrogens (primary N) is 1. The average Bonchev–Trinajstić information content (AvgIpc) is 2.39. The number of rotatable bonds is 4. The van der Waals surface area contributed by atoms with Crippen molar-refractivity contribution in [1.29, 1.82) is 0 Å². The molecular weight excluding hydrogens is 291 g/mol. The zero-order valence-electron chi connectivity index (χ0n) is 11.9. The molecule has 0 bridgehead atoms. The summed E-state index contributed by atoms with van der Waals surface area (Å²) in [7, 11) is 0. The van der Waals surface area contributed by atoms with E-state index < -0.39 is 0 Å². The van der Waals surface area contributed by atoms with Gasteiger partial charge in [-0.25, -0.2) is 0 Å². The first-order valence-electron chi connectivity index (χ1n) is 7.61. The molecule has 1 aromatic carbocycles. The van der Waals surface area contributed by atoms with Crippen LogP contribution in [-0.4, -0.2) is 6.04 Å². The largest absolute Gasteiger partial charge is 0.271 e. The van der Waals surface area contributed by atoms with Crippen molar-refractivity contribution in [2.24, 2.45) is 11.8 Å². The van der Waals surface area contributed by atoms with Gasteiger partial charge in [0.05, 0.1) is 0 Å². The number of benzene rings is 1. The fourth-order valence-electron chi connectivity index (χ4n) is 3.20. The molecule has 20 heavy (non-hydrogen) atoms. The molecule has 3 N–H and O–H groups in total. The quantitative estimate of drug-likeness (QED) is 0.623. The van der Waals surface area contributed by atoms with Gasteiger partial charge in [0, 0.05) is 16.1 Å². The van der Waals surface area contributed by atoms with Gasteiger partial charge in [-0.05, 0) is 42.9 Å². The van der Waals surface area contributed by atoms with Crippen LogP contribution in [0.3, 0.4) is 0 Å². The third kappa shape index (κ3) is 4.36. The highest BCUT2D eigenvalue weighted by Gasteiger charge is 2.23. The van der Waals surface area contributed by atoms with E-state index >= 15 is 0 Å². The van der Waals surface area contributed by atoms with E-state index in [4.69, 9.17) is 29.0 Å². The molecule has 112 valence electrons. The van der Waals surface area contributed by atoms with E-state index in [-0.39, 0.29) is 6.04 Å². The first-order valence-corrected chi connectivity index (χ1v) is 8.37. The van der Waals surface area contributed by atoms with Crippen LogP contribution in [0.5, 0.6) is 0 Å². The summed E-state index contributed by atoms with van der Waals surface area (Å²) in [5.74, 6) is 6.42. The number of hydrogen-bond donors (Lipinski definition) is 2. The van der Waals surface area contributed by atoms with Crippen molar-refractivity contribution in [3.8, 4) is 0 Å². The Bertz CT molecular complexity index is 395. The minimum Gasteiger partial charge on any atom is -0.271 e. The summed E-state index contributed by atoms with van der Waals surface area (Å²) in [5.41, 5.74) is 4.02. The molecule has 4 heteroatoms. The van der Waals surface area contributed by atoms with E-state index in [1.165, 1.54) is 44.9 Å². The fourth-order valence-corrected chi connectivity index (χ4v) is 3.75. The summed E-state index contributed by atoms with van der Waals surface area (Å²) in [6, 6.07) is 5.93. The van der Waals surface area contributed by atoms with Gasteiger partial charge >= 0.3 is 0 Å². The topological polar surface area (TPSA) is 38.0 Å². The molecule has 0 spiro atoms. The first kappa shape index (κ1) is 16.1. The third-order valence-corrected chi connectivity index (χ3v) is 5.13. The maximum absolute atomic E-state index is 6.27.